The molecule has 1 fully saturated rings. The number of rotatable bonds is 3. The minimum Gasteiger partial charge on any atom is -0.372 e. The summed E-state index contributed by atoms with van der Waals surface area (Å²) in [5.41, 5.74) is 2.23. The van der Waals surface area contributed by atoms with Crippen LogP contribution in [-0.2, 0) is 5.41 Å². The van der Waals surface area contributed by atoms with E-state index < -0.39 is 0 Å². The van der Waals surface area contributed by atoms with E-state index in [4.69, 9.17) is 4.98 Å². The van der Waals surface area contributed by atoms with Gasteiger partial charge in [0.25, 0.3) is 0 Å². The van der Waals surface area contributed by atoms with Crippen molar-refractivity contribution in [1.82, 2.24) is 9.97 Å². The third-order valence-corrected chi connectivity index (χ3v) is 4.43. The second-order valence-electron chi connectivity index (χ2n) is 5.24. The average Bonchev–Trinajstić information content (AvgIpc) is 3.19. The lowest BCUT2D eigenvalue weighted by Gasteiger charge is -2.14. The van der Waals surface area contributed by atoms with Crippen LogP contribution in [0.15, 0.2) is 34.8 Å². The van der Waals surface area contributed by atoms with Gasteiger partial charge < -0.3 is 5.32 Å². The van der Waals surface area contributed by atoms with Crippen molar-refractivity contribution in [3.8, 4) is 11.3 Å². The molecule has 19 heavy (non-hydrogen) atoms. The summed E-state index contributed by atoms with van der Waals surface area (Å²) in [5.74, 6) is 1.80. The Hall–Kier alpha value is -1.42. The highest BCUT2D eigenvalue weighted by molar-refractivity contribution is 9.10. The summed E-state index contributed by atoms with van der Waals surface area (Å²) in [6.07, 6.45) is 2.35. The monoisotopic (exact) mass is 317 g/mol. The summed E-state index contributed by atoms with van der Waals surface area (Å²) in [4.78, 5) is 9.43. The Morgan fingerprint density at radius 2 is 1.84 bits per heavy atom. The molecule has 1 aromatic heterocycles. The second kappa shape index (κ2) is 4.60. The van der Waals surface area contributed by atoms with Crippen molar-refractivity contribution in [1.29, 1.82) is 0 Å². The van der Waals surface area contributed by atoms with Gasteiger partial charge >= 0.3 is 0 Å². The quantitative estimate of drug-likeness (QED) is 0.929. The van der Waals surface area contributed by atoms with Crippen LogP contribution in [-0.4, -0.2) is 17.0 Å². The van der Waals surface area contributed by atoms with E-state index in [0.29, 0.717) is 0 Å². The predicted molar refractivity (Wildman–Crippen MR) is 81.3 cm³/mol. The SMILES string of the molecule is CNc1nc(C2(C)CC2)nc(-c2ccccc2)c1Br. The molecule has 0 radical (unpaired) electrons. The molecule has 0 unspecified atom stereocenters. The summed E-state index contributed by atoms with van der Waals surface area (Å²) in [6, 6.07) is 10.2. The lowest BCUT2D eigenvalue weighted by atomic mass is 10.1. The molecule has 0 aliphatic heterocycles. The molecule has 2 aromatic rings. The maximum atomic E-state index is 4.79. The van der Waals surface area contributed by atoms with E-state index >= 15 is 0 Å². The van der Waals surface area contributed by atoms with Gasteiger partial charge in [-0.3, -0.25) is 0 Å². The van der Waals surface area contributed by atoms with Crippen LogP contribution >= 0.6 is 15.9 Å². The first-order chi connectivity index (χ1) is 9.14. The Morgan fingerprint density at radius 3 is 2.42 bits per heavy atom. The van der Waals surface area contributed by atoms with E-state index in [2.05, 4.69) is 45.3 Å². The number of benzene rings is 1. The van der Waals surface area contributed by atoms with Crippen LogP contribution in [0, 0.1) is 0 Å². The molecular formula is C15H16BrN3. The second-order valence-corrected chi connectivity index (χ2v) is 6.03. The number of anilines is 1. The van der Waals surface area contributed by atoms with E-state index in [1.54, 1.807) is 0 Å². The van der Waals surface area contributed by atoms with Crippen molar-refractivity contribution in [3.63, 3.8) is 0 Å². The summed E-state index contributed by atoms with van der Waals surface area (Å²) in [5, 5.41) is 3.15. The third kappa shape index (κ3) is 2.25. The molecule has 0 bridgehead atoms. The molecule has 0 saturated heterocycles. The first-order valence-corrected chi connectivity index (χ1v) is 7.24. The molecule has 98 valence electrons. The fourth-order valence-electron chi connectivity index (χ4n) is 2.08. The Labute approximate surface area is 121 Å². The molecule has 4 heteroatoms. The fraction of sp³-hybridized carbons (Fsp3) is 0.333. The topological polar surface area (TPSA) is 37.8 Å². The van der Waals surface area contributed by atoms with Crippen LogP contribution in [0.5, 0.6) is 0 Å². The smallest absolute Gasteiger partial charge is 0.144 e. The summed E-state index contributed by atoms with van der Waals surface area (Å²) < 4.78 is 0.925. The molecule has 0 spiro atoms. The molecule has 1 saturated carbocycles. The zero-order valence-corrected chi connectivity index (χ0v) is 12.7. The summed E-state index contributed by atoms with van der Waals surface area (Å²) >= 11 is 3.61. The number of hydrogen-bond acceptors (Lipinski definition) is 3. The van der Waals surface area contributed by atoms with Crippen LogP contribution in [0.2, 0.25) is 0 Å². The molecular weight excluding hydrogens is 302 g/mol. The molecule has 3 nitrogen and oxygen atoms in total. The number of halogens is 1. The Balaban J connectivity index is 2.18. The number of nitrogens with zero attached hydrogens (tertiary/aromatic N) is 2. The molecule has 1 aliphatic rings. The molecule has 1 aliphatic carbocycles. The Kier molecular flexibility index (Phi) is 3.05. The largest absolute Gasteiger partial charge is 0.372 e. The van der Waals surface area contributed by atoms with Crippen molar-refractivity contribution in [2.45, 2.75) is 25.2 Å². The first-order valence-electron chi connectivity index (χ1n) is 6.45. The minimum atomic E-state index is 0.163. The van der Waals surface area contributed by atoms with Gasteiger partial charge in [0.05, 0.1) is 10.2 Å². The average molecular weight is 318 g/mol. The van der Waals surface area contributed by atoms with Crippen molar-refractivity contribution in [2.75, 3.05) is 12.4 Å². The molecule has 3 rings (SSSR count). The van der Waals surface area contributed by atoms with Crippen molar-refractivity contribution < 1.29 is 0 Å². The number of nitrogens with one attached hydrogen (secondary N) is 1. The van der Waals surface area contributed by atoms with Gasteiger partial charge in [0.1, 0.15) is 11.6 Å². The molecule has 1 N–H and O–H groups in total. The van der Waals surface area contributed by atoms with Crippen LogP contribution < -0.4 is 5.32 Å². The van der Waals surface area contributed by atoms with E-state index in [1.807, 2.05) is 25.2 Å². The first kappa shape index (κ1) is 12.6. The van der Waals surface area contributed by atoms with Gasteiger partial charge in [0.2, 0.25) is 0 Å². The van der Waals surface area contributed by atoms with E-state index in [-0.39, 0.29) is 5.41 Å². The zero-order chi connectivity index (χ0) is 13.5. The molecule has 1 aromatic carbocycles. The van der Waals surface area contributed by atoms with Gasteiger partial charge in [0.15, 0.2) is 0 Å². The Bertz CT molecular complexity index is 606. The molecule has 1 heterocycles. The predicted octanol–water partition coefficient (Wildman–Crippen LogP) is 4.00. The van der Waals surface area contributed by atoms with Gasteiger partial charge in [0, 0.05) is 18.0 Å². The van der Waals surface area contributed by atoms with Crippen LogP contribution in [0.4, 0.5) is 5.82 Å². The van der Waals surface area contributed by atoms with Crippen LogP contribution in [0.1, 0.15) is 25.6 Å². The zero-order valence-electron chi connectivity index (χ0n) is 11.1. The normalized spacial score (nSPS) is 16.2. The van der Waals surface area contributed by atoms with E-state index in [9.17, 15) is 0 Å². The van der Waals surface area contributed by atoms with Crippen LogP contribution in [0.3, 0.4) is 0 Å². The highest BCUT2D eigenvalue weighted by atomic mass is 79.9. The standard InChI is InChI=1S/C15H16BrN3/c1-15(8-9-15)14-18-12(10-6-4-3-5-7-10)11(16)13(17-2)19-14/h3-7H,8-9H2,1-2H3,(H,17,18,19). The lowest BCUT2D eigenvalue weighted by molar-refractivity contribution is 0.710. The lowest BCUT2D eigenvalue weighted by Crippen LogP contribution is -2.10. The van der Waals surface area contributed by atoms with Crippen LogP contribution in [0.25, 0.3) is 11.3 Å². The van der Waals surface area contributed by atoms with E-state index in [0.717, 1.165) is 27.4 Å². The van der Waals surface area contributed by atoms with E-state index in [1.165, 1.54) is 12.8 Å². The van der Waals surface area contributed by atoms with Crippen molar-refractivity contribution in [3.05, 3.63) is 40.6 Å². The van der Waals surface area contributed by atoms with Crippen molar-refractivity contribution >= 4 is 21.7 Å². The fourth-order valence-corrected chi connectivity index (χ4v) is 2.69. The van der Waals surface area contributed by atoms with Gasteiger partial charge in [-0.05, 0) is 28.8 Å². The number of hydrogen-bond donors (Lipinski definition) is 1. The Morgan fingerprint density at radius 1 is 1.16 bits per heavy atom. The number of aromatic nitrogens is 2. The molecule has 0 amide bonds. The van der Waals surface area contributed by atoms with Gasteiger partial charge in [-0.2, -0.15) is 0 Å². The maximum Gasteiger partial charge on any atom is 0.144 e. The highest BCUT2D eigenvalue weighted by Crippen LogP contribution is 2.47. The van der Waals surface area contributed by atoms with Gasteiger partial charge in [-0.1, -0.05) is 37.3 Å². The van der Waals surface area contributed by atoms with Gasteiger partial charge in [-0.25, -0.2) is 9.97 Å². The third-order valence-electron chi connectivity index (χ3n) is 3.68. The summed E-state index contributed by atoms with van der Waals surface area (Å²) in [6.45, 7) is 2.23. The summed E-state index contributed by atoms with van der Waals surface area (Å²) in [7, 11) is 1.89. The van der Waals surface area contributed by atoms with Crippen molar-refractivity contribution in [2.24, 2.45) is 0 Å². The highest BCUT2D eigenvalue weighted by Gasteiger charge is 2.42. The molecule has 0 atom stereocenters. The maximum absolute atomic E-state index is 4.79. The van der Waals surface area contributed by atoms with Gasteiger partial charge in [-0.15, -0.1) is 0 Å². The minimum absolute atomic E-state index is 0.163.